The van der Waals surface area contributed by atoms with Crippen molar-refractivity contribution < 1.29 is 0 Å². The van der Waals surface area contributed by atoms with Gasteiger partial charge in [-0.15, -0.1) is 0 Å². The number of thioether (sulfide) groups is 1. The van der Waals surface area contributed by atoms with Gasteiger partial charge in [0.25, 0.3) is 0 Å². The first-order valence-corrected chi connectivity index (χ1v) is 7.41. The van der Waals surface area contributed by atoms with Gasteiger partial charge in [-0.2, -0.15) is 11.8 Å². The Hall–Kier alpha value is -0.900. The molecule has 1 N–H and O–H groups in total. The van der Waals surface area contributed by atoms with Crippen molar-refractivity contribution in [3.8, 4) is 0 Å². The van der Waals surface area contributed by atoms with Crippen molar-refractivity contribution >= 4 is 23.3 Å². The van der Waals surface area contributed by atoms with Crippen molar-refractivity contribution in [3.05, 3.63) is 18.3 Å². The van der Waals surface area contributed by atoms with Crippen LogP contribution in [0.5, 0.6) is 0 Å². The summed E-state index contributed by atoms with van der Waals surface area (Å²) in [7, 11) is 0. The van der Waals surface area contributed by atoms with E-state index in [1.54, 1.807) is 0 Å². The van der Waals surface area contributed by atoms with Crippen LogP contribution in [0.3, 0.4) is 0 Å². The fourth-order valence-electron chi connectivity index (χ4n) is 2.02. The molecule has 0 aromatic carbocycles. The first-order valence-electron chi connectivity index (χ1n) is 6.36. The molecule has 1 atom stereocenters. The summed E-state index contributed by atoms with van der Waals surface area (Å²) >= 11 is 2.06. The zero-order valence-corrected chi connectivity index (χ0v) is 11.5. The molecule has 1 aromatic heterocycles. The summed E-state index contributed by atoms with van der Waals surface area (Å²) in [6.07, 6.45) is 3.03. The predicted octanol–water partition coefficient (Wildman–Crippen LogP) is 2.85. The van der Waals surface area contributed by atoms with Crippen molar-refractivity contribution in [3.63, 3.8) is 0 Å². The Morgan fingerprint density at radius 2 is 2.47 bits per heavy atom. The van der Waals surface area contributed by atoms with Gasteiger partial charge in [-0.25, -0.2) is 4.98 Å². The summed E-state index contributed by atoms with van der Waals surface area (Å²) in [5, 5.41) is 4.07. The summed E-state index contributed by atoms with van der Waals surface area (Å²) in [5.74, 6) is 2.22. The number of rotatable bonds is 4. The second-order valence-electron chi connectivity index (χ2n) is 4.45. The van der Waals surface area contributed by atoms with Gasteiger partial charge in [-0.05, 0) is 12.5 Å². The van der Waals surface area contributed by atoms with Crippen molar-refractivity contribution in [2.75, 3.05) is 35.6 Å². The molecule has 1 aliphatic heterocycles. The van der Waals surface area contributed by atoms with E-state index < -0.39 is 0 Å². The van der Waals surface area contributed by atoms with Gasteiger partial charge in [-0.3, -0.25) is 0 Å². The van der Waals surface area contributed by atoms with Crippen LogP contribution in [0.4, 0.5) is 11.5 Å². The molecule has 17 heavy (non-hydrogen) atoms. The van der Waals surface area contributed by atoms with Crippen LogP contribution in [-0.4, -0.2) is 35.6 Å². The molecule has 1 fully saturated rings. The summed E-state index contributed by atoms with van der Waals surface area (Å²) in [4.78, 5) is 6.81. The number of hydrogen-bond acceptors (Lipinski definition) is 4. The Labute approximate surface area is 108 Å². The number of nitrogens with one attached hydrogen (secondary N) is 1. The second-order valence-corrected chi connectivity index (χ2v) is 6.00. The fraction of sp³-hybridized carbons (Fsp3) is 0.615. The van der Waals surface area contributed by atoms with Crippen molar-refractivity contribution in [2.45, 2.75) is 25.5 Å². The molecular weight excluding hydrogens is 230 g/mol. The van der Waals surface area contributed by atoms with E-state index in [1.165, 1.54) is 11.4 Å². The van der Waals surface area contributed by atoms with Crippen molar-refractivity contribution in [1.82, 2.24) is 4.98 Å². The van der Waals surface area contributed by atoms with Crippen molar-refractivity contribution in [2.24, 2.45) is 0 Å². The molecule has 1 aliphatic rings. The van der Waals surface area contributed by atoms with Crippen LogP contribution < -0.4 is 10.2 Å². The molecule has 2 rings (SSSR count). The molecule has 0 bridgehead atoms. The third-order valence-electron chi connectivity index (χ3n) is 2.91. The maximum Gasteiger partial charge on any atom is 0.127 e. The van der Waals surface area contributed by atoms with Crippen LogP contribution in [-0.2, 0) is 0 Å². The summed E-state index contributed by atoms with van der Waals surface area (Å²) in [6.45, 7) is 7.74. The normalized spacial score (nSPS) is 20.4. The third kappa shape index (κ3) is 3.53. The van der Waals surface area contributed by atoms with Crippen LogP contribution in [0.1, 0.15) is 20.3 Å². The molecule has 1 aromatic rings. The van der Waals surface area contributed by atoms with Gasteiger partial charge in [0, 0.05) is 48.6 Å². The molecule has 2 heterocycles. The lowest BCUT2D eigenvalue weighted by Gasteiger charge is -2.32. The maximum absolute atomic E-state index is 4.35. The fourth-order valence-corrected chi connectivity index (χ4v) is 3.03. The minimum absolute atomic E-state index is 0.726. The van der Waals surface area contributed by atoms with E-state index >= 15 is 0 Å². The van der Waals surface area contributed by atoms with Crippen molar-refractivity contribution in [1.29, 1.82) is 0 Å². The van der Waals surface area contributed by atoms with Gasteiger partial charge in [0.1, 0.15) is 5.82 Å². The van der Waals surface area contributed by atoms with E-state index in [0.717, 1.165) is 37.1 Å². The average molecular weight is 251 g/mol. The van der Waals surface area contributed by atoms with Gasteiger partial charge in [0.15, 0.2) is 0 Å². The molecule has 1 unspecified atom stereocenters. The number of anilines is 2. The second kappa shape index (κ2) is 6.15. The highest BCUT2D eigenvalue weighted by Gasteiger charge is 2.17. The van der Waals surface area contributed by atoms with Gasteiger partial charge in [-0.1, -0.05) is 13.8 Å². The topological polar surface area (TPSA) is 28.2 Å². The SMILES string of the molecule is CCCNc1cc(N2CCSC(C)C2)ccn1. The Morgan fingerprint density at radius 3 is 3.24 bits per heavy atom. The Morgan fingerprint density at radius 1 is 1.59 bits per heavy atom. The first-order chi connectivity index (χ1) is 8.29. The molecule has 0 saturated carbocycles. The lowest BCUT2D eigenvalue weighted by Crippen LogP contribution is -2.36. The molecular formula is C13H21N3S. The predicted molar refractivity (Wildman–Crippen MR) is 77.2 cm³/mol. The molecule has 4 heteroatoms. The highest BCUT2D eigenvalue weighted by atomic mass is 32.2. The smallest absolute Gasteiger partial charge is 0.127 e. The van der Waals surface area contributed by atoms with E-state index in [-0.39, 0.29) is 0 Å². The number of aromatic nitrogens is 1. The van der Waals surface area contributed by atoms with Crippen LogP contribution in [0.15, 0.2) is 18.3 Å². The largest absolute Gasteiger partial charge is 0.370 e. The first kappa shape index (κ1) is 12.6. The Balaban J connectivity index is 2.04. The minimum Gasteiger partial charge on any atom is -0.370 e. The minimum atomic E-state index is 0.726. The molecule has 0 spiro atoms. The van der Waals surface area contributed by atoms with Gasteiger partial charge in [0.2, 0.25) is 0 Å². The van der Waals surface area contributed by atoms with E-state index in [1.807, 2.05) is 6.20 Å². The lowest BCUT2D eigenvalue weighted by atomic mass is 10.3. The highest BCUT2D eigenvalue weighted by Crippen LogP contribution is 2.24. The van der Waals surface area contributed by atoms with Crippen LogP contribution in [0.2, 0.25) is 0 Å². The van der Waals surface area contributed by atoms with E-state index in [4.69, 9.17) is 0 Å². The maximum atomic E-state index is 4.35. The highest BCUT2D eigenvalue weighted by molar-refractivity contribution is 8.00. The quantitative estimate of drug-likeness (QED) is 0.890. The van der Waals surface area contributed by atoms with Crippen LogP contribution in [0.25, 0.3) is 0 Å². The van der Waals surface area contributed by atoms with Crippen LogP contribution >= 0.6 is 11.8 Å². The van der Waals surface area contributed by atoms with Gasteiger partial charge >= 0.3 is 0 Å². The average Bonchev–Trinajstić information content (AvgIpc) is 2.37. The number of nitrogens with zero attached hydrogens (tertiary/aromatic N) is 2. The molecule has 0 aliphatic carbocycles. The Kier molecular flexibility index (Phi) is 4.54. The molecule has 0 radical (unpaired) electrons. The molecule has 94 valence electrons. The van der Waals surface area contributed by atoms with Gasteiger partial charge in [0.05, 0.1) is 0 Å². The van der Waals surface area contributed by atoms with E-state index in [9.17, 15) is 0 Å². The van der Waals surface area contributed by atoms with E-state index in [2.05, 4.69) is 52.9 Å². The van der Waals surface area contributed by atoms with Crippen LogP contribution in [0, 0.1) is 0 Å². The summed E-state index contributed by atoms with van der Waals surface area (Å²) < 4.78 is 0. The molecule has 0 amide bonds. The lowest BCUT2D eigenvalue weighted by molar-refractivity contribution is 0.782. The summed E-state index contributed by atoms with van der Waals surface area (Å²) in [6, 6.07) is 4.28. The molecule has 1 saturated heterocycles. The third-order valence-corrected chi connectivity index (χ3v) is 4.04. The van der Waals surface area contributed by atoms with E-state index in [0.29, 0.717) is 0 Å². The Bertz CT molecular complexity index is 356. The standard InChI is InChI=1S/C13H21N3S/c1-3-5-14-13-9-12(4-6-15-13)16-7-8-17-11(2)10-16/h4,6,9,11H,3,5,7-8,10H2,1-2H3,(H,14,15). The van der Waals surface area contributed by atoms with Gasteiger partial charge < -0.3 is 10.2 Å². The zero-order valence-electron chi connectivity index (χ0n) is 10.6. The number of hydrogen-bond donors (Lipinski definition) is 1. The molecule has 3 nitrogen and oxygen atoms in total. The summed E-state index contributed by atoms with van der Waals surface area (Å²) in [5.41, 5.74) is 1.30. The zero-order chi connectivity index (χ0) is 12.1. The monoisotopic (exact) mass is 251 g/mol. The number of pyridine rings is 1.